The molecule has 1 amide bonds. The molecule has 1 saturated heterocycles. The van der Waals surface area contributed by atoms with Crippen molar-refractivity contribution >= 4 is 17.7 Å². The van der Waals surface area contributed by atoms with E-state index in [9.17, 15) is 14.7 Å². The number of carbonyl (C=O) groups is 2. The van der Waals surface area contributed by atoms with E-state index in [-0.39, 0.29) is 5.91 Å². The highest BCUT2D eigenvalue weighted by Crippen LogP contribution is 2.36. The molecule has 35 heavy (non-hydrogen) atoms. The second-order valence-electron chi connectivity index (χ2n) is 10.4. The van der Waals surface area contributed by atoms with Gasteiger partial charge in [0.25, 0.3) is 5.91 Å². The molecule has 186 valence electrons. The van der Waals surface area contributed by atoms with Gasteiger partial charge in [0.15, 0.2) is 17.9 Å². The monoisotopic (exact) mass is 483 g/mol. The maximum atomic E-state index is 12.8. The van der Waals surface area contributed by atoms with E-state index in [4.69, 9.17) is 9.57 Å². The fourth-order valence-corrected chi connectivity index (χ4v) is 4.86. The average Bonchev–Trinajstić information content (AvgIpc) is 3.43. The van der Waals surface area contributed by atoms with Crippen LogP contribution in [0.25, 0.3) is 0 Å². The molecule has 12 nitrogen and oxygen atoms in total. The minimum absolute atomic E-state index is 0.108. The number of carboxylic acid groups (broad SMARTS) is 1. The standard InChI is InChI=1S/C23H29N7O5/c1-13-6-5-7-14-17(13)20(31)24-23(34-14)8-10-29(11-9-23)16-12-15(35-27-16)19-25-28-30(26-19)18(21(32)33)22(2,3)4/h5-7,15,18H,8-12H2,1-4H3,(H,24,31)(H,32,33). The van der Waals surface area contributed by atoms with Gasteiger partial charge in [-0.2, -0.15) is 0 Å². The number of nitrogens with one attached hydrogen (secondary N) is 1. The highest BCUT2D eigenvalue weighted by atomic mass is 16.6. The topological polar surface area (TPSA) is 144 Å². The van der Waals surface area contributed by atoms with Crippen LogP contribution in [0.2, 0.25) is 0 Å². The molecule has 2 N–H and O–H groups in total. The van der Waals surface area contributed by atoms with Crippen molar-refractivity contribution in [3.8, 4) is 5.75 Å². The Kier molecular flexibility index (Phi) is 5.41. The van der Waals surface area contributed by atoms with Gasteiger partial charge in [0.1, 0.15) is 11.6 Å². The summed E-state index contributed by atoms with van der Waals surface area (Å²) in [4.78, 5) is 33.3. The van der Waals surface area contributed by atoms with E-state index < -0.39 is 29.3 Å². The Balaban J connectivity index is 1.22. The Morgan fingerprint density at radius 1 is 1.29 bits per heavy atom. The van der Waals surface area contributed by atoms with E-state index in [1.54, 1.807) is 0 Å². The summed E-state index contributed by atoms with van der Waals surface area (Å²) in [5.41, 5.74) is 0.144. The van der Waals surface area contributed by atoms with E-state index in [1.165, 1.54) is 0 Å². The fraction of sp³-hybridized carbons (Fsp3) is 0.565. The van der Waals surface area contributed by atoms with Crippen LogP contribution in [0.3, 0.4) is 0 Å². The number of aliphatic carboxylic acids is 1. The summed E-state index contributed by atoms with van der Waals surface area (Å²) in [7, 11) is 0. The van der Waals surface area contributed by atoms with Crippen molar-refractivity contribution in [3.05, 3.63) is 35.2 Å². The van der Waals surface area contributed by atoms with Gasteiger partial charge in [0.2, 0.25) is 5.82 Å². The van der Waals surface area contributed by atoms with Crippen molar-refractivity contribution in [1.82, 2.24) is 30.4 Å². The molecule has 1 spiro atoms. The Hall–Kier alpha value is -3.70. The molecule has 1 fully saturated rings. The summed E-state index contributed by atoms with van der Waals surface area (Å²) in [6, 6.07) is 4.67. The molecule has 2 aromatic rings. The normalized spacial score (nSPS) is 22.1. The number of likely N-dealkylation sites (tertiary alicyclic amines) is 1. The Morgan fingerprint density at radius 3 is 2.71 bits per heavy atom. The number of tetrazole rings is 1. The molecule has 2 atom stereocenters. The van der Waals surface area contributed by atoms with E-state index in [0.29, 0.717) is 49.5 Å². The predicted molar refractivity (Wildman–Crippen MR) is 123 cm³/mol. The second-order valence-corrected chi connectivity index (χ2v) is 10.4. The third-order valence-corrected chi connectivity index (χ3v) is 6.71. The van der Waals surface area contributed by atoms with Crippen LogP contribution >= 0.6 is 0 Å². The van der Waals surface area contributed by atoms with Crippen LogP contribution in [0.1, 0.15) is 73.9 Å². The number of rotatable bonds is 3. The van der Waals surface area contributed by atoms with Crippen molar-refractivity contribution in [2.24, 2.45) is 10.6 Å². The molecule has 4 heterocycles. The summed E-state index contributed by atoms with van der Waals surface area (Å²) in [5.74, 6) is 0.534. The van der Waals surface area contributed by atoms with Crippen molar-refractivity contribution in [2.75, 3.05) is 13.1 Å². The number of hydrogen-bond donors (Lipinski definition) is 2. The van der Waals surface area contributed by atoms with Gasteiger partial charge in [0.05, 0.1) is 12.0 Å². The molecule has 3 aliphatic rings. The van der Waals surface area contributed by atoms with Crippen molar-refractivity contribution in [1.29, 1.82) is 0 Å². The number of aromatic nitrogens is 4. The van der Waals surface area contributed by atoms with Gasteiger partial charge in [-0.15, -0.1) is 15.0 Å². The van der Waals surface area contributed by atoms with Gasteiger partial charge in [-0.25, -0.2) is 4.79 Å². The smallest absolute Gasteiger partial charge is 0.331 e. The van der Waals surface area contributed by atoms with Crippen molar-refractivity contribution in [2.45, 2.75) is 64.8 Å². The van der Waals surface area contributed by atoms with Crippen molar-refractivity contribution in [3.63, 3.8) is 0 Å². The van der Waals surface area contributed by atoms with Crippen LogP contribution in [0.15, 0.2) is 23.4 Å². The van der Waals surface area contributed by atoms with Gasteiger partial charge in [-0.05, 0) is 29.2 Å². The molecule has 1 aromatic carbocycles. The second kappa shape index (κ2) is 8.21. The van der Waals surface area contributed by atoms with Crippen LogP contribution in [-0.2, 0) is 9.63 Å². The first-order valence-electron chi connectivity index (χ1n) is 11.7. The number of carboxylic acids is 1. The minimum atomic E-state index is -1.03. The zero-order valence-electron chi connectivity index (χ0n) is 20.2. The van der Waals surface area contributed by atoms with E-state index in [1.807, 2.05) is 45.9 Å². The third kappa shape index (κ3) is 4.17. The number of amidine groups is 1. The first kappa shape index (κ1) is 23.1. The summed E-state index contributed by atoms with van der Waals surface area (Å²) < 4.78 is 6.28. The summed E-state index contributed by atoms with van der Waals surface area (Å²) in [6.45, 7) is 8.58. The largest absolute Gasteiger partial charge is 0.480 e. The number of nitrogens with zero attached hydrogens (tertiary/aromatic N) is 6. The number of aryl methyl sites for hydroxylation is 1. The summed E-state index contributed by atoms with van der Waals surface area (Å²) in [5, 5.41) is 29.2. The molecule has 3 aliphatic heterocycles. The van der Waals surface area contributed by atoms with Crippen LogP contribution < -0.4 is 10.1 Å². The molecule has 1 aromatic heterocycles. The fourth-order valence-electron chi connectivity index (χ4n) is 4.86. The Bertz CT molecular complexity index is 1190. The maximum Gasteiger partial charge on any atom is 0.331 e. The quantitative estimate of drug-likeness (QED) is 0.670. The van der Waals surface area contributed by atoms with E-state index >= 15 is 0 Å². The van der Waals surface area contributed by atoms with Gasteiger partial charge < -0.3 is 24.9 Å². The maximum absolute atomic E-state index is 12.8. The Morgan fingerprint density at radius 2 is 2.03 bits per heavy atom. The molecule has 2 unspecified atom stereocenters. The number of benzene rings is 1. The summed E-state index contributed by atoms with van der Waals surface area (Å²) >= 11 is 0. The number of fused-ring (bicyclic) bond motifs is 1. The zero-order chi connectivity index (χ0) is 25.0. The van der Waals surface area contributed by atoms with Gasteiger partial charge in [0, 0.05) is 25.9 Å². The number of hydrogen-bond acceptors (Lipinski definition) is 9. The van der Waals surface area contributed by atoms with E-state index in [2.05, 4.69) is 30.8 Å². The molecular formula is C23H29N7O5. The van der Waals surface area contributed by atoms with Gasteiger partial charge >= 0.3 is 5.97 Å². The average molecular weight is 484 g/mol. The number of piperidine rings is 1. The van der Waals surface area contributed by atoms with Gasteiger partial charge in [-0.3, -0.25) is 4.79 Å². The zero-order valence-corrected chi connectivity index (χ0v) is 20.2. The lowest BCUT2D eigenvalue weighted by Gasteiger charge is -2.45. The number of oxime groups is 1. The molecule has 0 saturated carbocycles. The molecule has 12 heteroatoms. The van der Waals surface area contributed by atoms with Crippen LogP contribution in [0.4, 0.5) is 0 Å². The molecular weight excluding hydrogens is 454 g/mol. The van der Waals surface area contributed by atoms with E-state index in [0.717, 1.165) is 16.2 Å². The minimum Gasteiger partial charge on any atom is -0.480 e. The lowest BCUT2D eigenvalue weighted by molar-refractivity contribution is -0.145. The van der Waals surface area contributed by atoms with Crippen molar-refractivity contribution < 1.29 is 24.3 Å². The van der Waals surface area contributed by atoms with Crippen LogP contribution in [-0.4, -0.2) is 66.7 Å². The van der Waals surface area contributed by atoms with Gasteiger partial charge in [-0.1, -0.05) is 38.1 Å². The lowest BCUT2D eigenvalue weighted by atomic mass is 9.87. The highest BCUT2D eigenvalue weighted by molar-refractivity contribution is 5.99. The first-order valence-corrected chi connectivity index (χ1v) is 11.7. The predicted octanol–water partition coefficient (Wildman–Crippen LogP) is 2.04. The molecule has 0 radical (unpaired) electrons. The first-order chi connectivity index (χ1) is 16.6. The lowest BCUT2D eigenvalue weighted by Crippen LogP contribution is -2.61. The summed E-state index contributed by atoms with van der Waals surface area (Å²) in [6.07, 6.45) is 1.09. The molecule has 0 bridgehead atoms. The van der Waals surface area contributed by atoms with Crippen LogP contribution in [0.5, 0.6) is 5.75 Å². The highest BCUT2D eigenvalue weighted by Gasteiger charge is 2.44. The van der Waals surface area contributed by atoms with Crippen LogP contribution in [0, 0.1) is 12.3 Å². The molecule has 5 rings (SSSR count). The number of amides is 1. The SMILES string of the molecule is Cc1cccc2c1C(=O)NC1(CCN(C3=NOC(c4nnn(C(C(=O)O)C(C)(C)C)n4)C3)CC1)O2. The Labute approximate surface area is 202 Å². The number of ether oxygens (including phenoxy) is 1. The molecule has 0 aliphatic carbocycles. The number of carbonyl (C=O) groups excluding carboxylic acids is 1. The third-order valence-electron chi connectivity index (χ3n) is 6.71.